The second-order valence-electron chi connectivity index (χ2n) is 9.69. The molecule has 1 amide bonds. The lowest BCUT2D eigenvalue weighted by Gasteiger charge is -2.30. The first-order valence-electron chi connectivity index (χ1n) is 12.3. The molecule has 1 heterocycles. The fourth-order valence-corrected chi connectivity index (χ4v) is 5.09. The highest BCUT2D eigenvalue weighted by Gasteiger charge is 2.29. The standard InChI is InChI=1S/C29H35N3O2/c1-21-7-12-26(17-22(21)2)29(31-30-20-33)28-6-4-3-5-25(28)18-23-8-10-24(11-9-23)19-32-15-13-27(34)14-16-32/h3-4,7-12,17,20,25,28H,5-6,13-16,18-19H2,1-2H3,(H,30,33)/b31-29-. The molecule has 0 radical (unpaired) electrons. The first kappa shape index (κ1) is 24.1. The Morgan fingerprint density at radius 1 is 1.00 bits per heavy atom. The van der Waals surface area contributed by atoms with Crippen LogP contribution in [-0.2, 0) is 22.6 Å². The third-order valence-electron chi connectivity index (χ3n) is 7.30. The maximum atomic E-state index is 11.5. The van der Waals surface area contributed by atoms with E-state index in [9.17, 15) is 9.59 Å². The molecule has 178 valence electrons. The molecule has 34 heavy (non-hydrogen) atoms. The summed E-state index contributed by atoms with van der Waals surface area (Å²) in [4.78, 5) is 24.9. The van der Waals surface area contributed by atoms with Gasteiger partial charge in [-0.25, -0.2) is 5.43 Å². The van der Waals surface area contributed by atoms with Gasteiger partial charge in [-0.15, -0.1) is 0 Å². The number of hydrogen-bond donors (Lipinski definition) is 1. The van der Waals surface area contributed by atoms with Gasteiger partial charge in [0.2, 0.25) is 6.41 Å². The molecule has 0 spiro atoms. The molecule has 2 aromatic rings. The average Bonchev–Trinajstić information content (AvgIpc) is 2.85. The Hall–Kier alpha value is -3.05. The van der Waals surface area contributed by atoms with Gasteiger partial charge >= 0.3 is 0 Å². The summed E-state index contributed by atoms with van der Waals surface area (Å²) in [5.74, 6) is 1.04. The molecule has 2 atom stereocenters. The van der Waals surface area contributed by atoms with Crippen LogP contribution in [0.5, 0.6) is 0 Å². The number of ketones is 1. The molecule has 5 heteroatoms. The lowest BCUT2D eigenvalue weighted by Crippen LogP contribution is -2.33. The number of hydrazone groups is 1. The number of rotatable bonds is 8. The fourth-order valence-electron chi connectivity index (χ4n) is 5.09. The van der Waals surface area contributed by atoms with Crippen LogP contribution < -0.4 is 5.43 Å². The topological polar surface area (TPSA) is 61.8 Å². The second-order valence-corrected chi connectivity index (χ2v) is 9.69. The number of hydrogen-bond acceptors (Lipinski definition) is 4. The van der Waals surface area contributed by atoms with Gasteiger partial charge in [0.1, 0.15) is 5.78 Å². The van der Waals surface area contributed by atoms with Crippen LogP contribution in [0, 0.1) is 25.7 Å². The van der Waals surface area contributed by atoms with Gasteiger partial charge < -0.3 is 0 Å². The predicted octanol–water partition coefficient (Wildman–Crippen LogP) is 4.74. The second kappa shape index (κ2) is 11.4. The number of allylic oxidation sites excluding steroid dienone is 2. The van der Waals surface area contributed by atoms with Crippen LogP contribution in [0.15, 0.2) is 59.7 Å². The number of nitrogens with one attached hydrogen (secondary N) is 1. The minimum Gasteiger partial charge on any atom is -0.300 e. The van der Waals surface area contributed by atoms with Crippen LogP contribution in [0.2, 0.25) is 0 Å². The molecule has 1 saturated heterocycles. The van der Waals surface area contributed by atoms with Crippen molar-refractivity contribution in [3.63, 3.8) is 0 Å². The summed E-state index contributed by atoms with van der Waals surface area (Å²) >= 11 is 0. The summed E-state index contributed by atoms with van der Waals surface area (Å²) in [6, 6.07) is 15.4. The van der Waals surface area contributed by atoms with E-state index < -0.39 is 0 Å². The van der Waals surface area contributed by atoms with Crippen molar-refractivity contribution in [3.05, 3.63) is 82.4 Å². The Morgan fingerprint density at radius 3 is 2.41 bits per heavy atom. The van der Waals surface area contributed by atoms with Gasteiger partial charge in [-0.05, 0) is 72.9 Å². The number of nitrogens with zero attached hydrogens (tertiary/aromatic N) is 2. The maximum Gasteiger partial charge on any atom is 0.227 e. The quantitative estimate of drug-likeness (QED) is 0.269. The van der Waals surface area contributed by atoms with E-state index in [-0.39, 0.29) is 5.92 Å². The molecular formula is C29H35N3O2. The van der Waals surface area contributed by atoms with Crippen molar-refractivity contribution in [3.8, 4) is 0 Å². The van der Waals surface area contributed by atoms with E-state index in [4.69, 9.17) is 0 Å². The molecular weight excluding hydrogens is 422 g/mol. The number of Topliss-reactive ketones (excluding diaryl/α,β-unsaturated/α-hetero) is 1. The third kappa shape index (κ3) is 6.09. The summed E-state index contributed by atoms with van der Waals surface area (Å²) in [5, 5.41) is 4.52. The highest BCUT2D eigenvalue weighted by Crippen LogP contribution is 2.32. The number of likely N-dealkylation sites (tertiary alicyclic amines) is 1. The third-order valence-corrected chi connectivity index (χ3v) is 7.30. The van der Waals surface area contributed by atoms with Crippen molar-refractivity contribution in [2.24, 2.45) is 16.9 Å². The molecule has 2 aliphatic rings. The first-order valence-corrected chi connectivity index (χ1v) is 12.3. The average molecular weight is 458 g/mol. The molecule has 1 aliphatic carbocycles. The van der Waals surface area contributed by atoms with Crippen LogP contribution in [0.25, 0.3) is 0 Å². The van der Waals surface area contributed by atoms with Gasteiger partial charge in [-0.2, -0.15) is 5.10 Å². The minimum atomic E-state index is 0.241. The van der Waals surface area contributed by atoms with Gasteiger partial charge in [0, 0.05) is 38.4 Å². The van der Waals surface area contributed by atoms with Crippen LogP contribution in [-0.4, -0.2) is 35.9 Å². The van der Waals surface area contributed by atoms with Crippen molar-refractivity contribution in [1.82, 2.24) is 10.3 Å². The van der Waals surface area contributed by atoms with Crippen molar-refractivity contribution >= 4 is 17.9 Å². The van der Waals surface area contributed by atoms with Gasteiger partial charge in [0.25, 0.3) is 0 Å². The molecule has 0 bridgehead atoms. The summed E-state index contributed by atoms with van der Waals surface area (Å²) < 4.78 is 0. The number of aryl methyl sites for hydroxylation is 2. The van der Waals surface area contributed by atoms with E-state index in [0.717, 1.165) is 50.2 Å². The Labute approximate surface area is 202 Å². The van der Waals surface area contributed by atoms with Crippen LogP contribution in [0.3, 0.4) is 0 Å². The Kier molecular flexibility index (Phi) is 8.07. The van der Waals surface area contributed by atoms with Gasteiger partial charge in [0.05, 0.1) is 5.71 Å². The van der Waals surface area contributed by atoms with Crippen LogP contribution in [0.4, 0.5) is 0 Å². The summed E-state index contributed by atoms with van der Waals surface area (Å²) in [7, 11) is 0. The van der Waals surface area contributed by atoms with E-state index in [2.05, 4.69) is 83.9 Å². The fraction of sp³-hybridized carbons (Fsp3) is 0.414. The molecule has 2 aromatic carbocycles. The molecule has 1 N–H and O–H groups in total. The molecule has 1 aliphatic heterocycles. The molecule has 0 aromatic heterocycles. The van der Waals surface area contributed by atoms with Crippen LogP contribution >= 0.6 is 0 Å². The van der Waals surface area contributed by atoms with Crippen LogP contribution in [0.1, 0.15) is 53.5 Å². The van der Waals surface area contributed by atoms with Crippen molar-refractivity contribution < 1.29 is 9.59 Å². The molecule has 4 rings (SSSR count). The van der Waals surface area contributed by atoms with Crippen molar-refractivity contribution in [2.45, 2.75) is 52.5 Å². The van der Waals surface area contributed by atoms with Crippen molar-refractivity contribution in [2.75, 3.05) is 13.1 Å². The van der Waals surface area contributed by atoms with E-state index in [1.807, 2.05) is 0 Å². The van der Waals surface area contributed by atoms with Gasteiger partial charge in [0.15, 0.2) is 0 Å². The predicted molar refractivity (Wildman–Crippen MR) is 137 cm³/mol. The van der Waals surface area contributed by atoms with Crippen molar-refractivity contribution in [1.29, 1.82) is 0 Å². The SMILES string of the molecule is Cc1ccc(/C(=N/NC=O)C2CC=CCC2Cc2ccc(CN3CCC(=O)CC3)cc2)cc1C. The number of piperidine rings is 1. The Bertz CT molecular complexity index is 1060. The minimum absolute atomic E-state index is 0.241. The Balaban J connectivity index is 1.48. The summed E-state index contributed by atoms with van der Waals surface area (Å²) in [6.45, 7) is 6.87. The highest BCUT2D eigenvalue weighted by atomic mass is 16.1. The number of carbonyl (C=O) groups excluding carboxylic acids is 2. The number of benzene rings is 2. The highest BCUT2D eigenvalue weighted by molar-refractivity contribution is 6.03. The monoisotopic (exact) mass is 457 g/mol. The van der Waals surface area contributed by atoms with Gasteiger partial charge in [-0.1, -0.05) is 48.6 Å². The van der Waals surface area contributed by atoms with Gasteiger partial charge in [-0.3, -0.25) is 14.5 Å². The maximum absolute atomic E-state index is 11.5. The zero-order valence-electron chi connectivity index (χ0n) is 20.3. The molecule has 1 fully saturated rings. The van der Waals surface area contributed by atoms with E-state index in [0.29, 0.717) is 31.0 Å². The first-order chi connectivity index (χ1) is 16.5. The van der Waals surface area contributed by atoms with E-state index in [1.54, 1.807) is 0 Å². The smallest absolute Gasteiger partial charge is 0.227 e. The lowest BCUT2D eigenvalue weighted by molar-refractivity contribution is -0.121. The molecule has 2 unspecified atom stereocenters. The molecule has 5 nitrogen and oxygen atoms in total. The summed E-state index contributed by atoms with van der Waals surface area (Å²) in [6.07, 6.45) is 9.41. The zero-order chi connectivity index (χ0) is 23.9. The molecule has 0 saturated carbocycles. The van der Waals surface area contributed by atoms with E-state index >= 15 is 0 Å². The number of carbonyl (C=O) groups is 2. The largest absolute Gasteiger partial charge is 0.300 e. The normalized spacial score (nSPS) is 21.5. The lowest BCUT2D eigenvalue weighted by atomic mass is 9.75. The zero-order valence-corrected chi connectivity index (χ0v) is 20.3. The summed E-state index contributed by atoms with van der Waals surface area (Å²) in [5.41, 5.74) is 9.71. The number of amides is 1. The van der Waals surface area contributed by atoms with E-state index in [1.165, 1.54) is 22.3 Å². The Morgan fingerprint density at radius 2 is 1.71 bits per heavy atom.